The summed E-state index contributed by atoms with van der Waals surface area (Å²) in [5.41, 5.74) is -1.87. The Labute approximate surface area is 130 Å². The van der Waals surface area contributed by atoms with Crippen molar-refractivity contribution < 1.29 is 27.4 Å². The Morgan fingerprint density at radius 3 is 2.65 bits per heavy atom. The molecular weight excluding hydrogens is 335 g/mol. The van der Waals surface area contributed by atoms with Gasteiger partial charge in [-0.3, -0.25) is 4.98 Å². The van der Waals surface area contributed by atoms with Crippen molar-refractivity contribution in [1.29, 1.82) is 0 Å². The van der Waals surface area contributed by atoms with Crippen LogP contribution < -0.4 is 10.0 Å². The van der Waals surface area contributed by atoms with Gasteiger partial charge in [-0.05, 0) is 11.4 Å². The third-order valence-corrected chi connectivity index (χ3v) is 3.77. The molecule has 0 saturated carbocycles. The van der Waals surface area contributed by atoms with Crippen LogP contribution in [0.2, 0.25) is 0 Å². The number of hydrogen-bond donors (Lipinski definition) is 1. The van der Waals surface area contributed by atoms with E-state index in [2.05, 4.69) is 19.2 Å². The van der Waals surface area contributed by atoms with Gasteiger partial charge in [-0.15, -0.1) is 9.24 Å². The molecule has 0 saturated heterocycles. The number of aliphatic hydroxyl groups excluding tert-OH is 1. The molecule has 3 rings (SSSR count). The molecular formula is C14H11F4N2O2P. The molecule has 0 bridgehead atoms. The fourth-order valence-corrected chi connectivity index (χ4v) is 2.75. The molecule has 0 spiro atoms. The van der Waals surface area contributed by atoms with Gasteiger partial charge in [0.25, 0.3) is 0 Å². The van der Waals surface area contributed by atoms with Crippen LogP contribution in [0.1, 0.15) is 22.9 Å². The van der Waals surface area contributed by atoms with Gasteiger partial charge in [-0.25, -0.2) is 9.37 Å². The SMILES string of the molecule is O[C@H]1c2c(C(F)(F)F)ncc(Oc3cncc(P)c3)c2C[C@H]1F. The zero-order chi connectivity index (χ0) is 16.8. The minimum atomic E-state index is -4.78. The molecule has 122 valence electrons. The van der Waals surface area contributed by atoms with Gasteiger partial charge >= 0.3 is 6.18 Å². The first kappa shape index (κ1) is 16.1. The highest BCUT2D eigenvalue weighted by molar-refractivity contribution is 7.27. The van der Waals surface area contributed by atoms with Gasteiger partial charge in [0, 0.05) is 23.7 Å². The molecule has 1 unspecified atom stereocenters. The van der Waals surface area contributed by atoms with Crippen LogP contribution in [0.25, 0.3) is 0 Å². The van der Waals surface area contributed by atoms with Gasteiger partial charge in [0.15, 0.2) is 5.69 Å². The first-order chi connectivity index (χ1) is 10.8. The van der Waals surface area contributed by atoms with Crippen molar-refractivity contribution >= 4 is 14.5 Å². The quantitative estimate of drug-likeness (QED) is 0.671. The van der Waals surface area contributed by atoms with Crippen LogP contribution in [0.5, 0.6) is 11.5 Å². The summed E-state index contributed by atoms with van der Waals surface area (Å²) in [7, 11) is 2.40. The lowest BCUT2D eigenvalue weighted by Crippen LogP contribution is -2.15. The maximum absolute atomic E-state index is 13.7. The summed E-state index contributed by atoms with van der Waals surface area (Å²) in [4.78, 5) is 7.21. The first-order valence-electron chi connectivity index (χ1n) is 6.57. The van der Waals surface area contributed by atoms with Gasteiger partial charge in [0.1, 0.15) is 23.8 Å². The van der Waals surface area contributed by atoms with E-state index < -0.39 is 29.7 Å². The number of nitrogens with zero attached hydrogens (tertiary/aromatic N) is 2. The summed E-state index contributed by atoms with van der Waals surface area (Å²) in [6, 6.07) is 1.60. The zero-order valence-corrected chi connectivity index (χ0v) is 12.7. The second-order valence-corrected chi connectivity index (χ2v) is 5.75. The predicted octanol–water partition coefficient (Wildman–Crippen LogP) is 2.72. The lowest BCUT2D eigenvalue weighted by molar-refractivity contribution is -0.143. The molecule has 1 aliphatic carbocycles. The summed E-state index contributed by atoms with van der Waals surface area (Å²) in [5.74, 6) is 0.252. The monoisotopic (exact) mass is 346 g/mol. The Kier molecular flexibility index (Phi) is 3.98. The van der Waals surface area contributed by atoms with Gasteiger partial charge in [-0.2, -0.15) is 13.2 Å². The Morgan fingerprint density at radius 1 is 1.26 bits per heavy atom. The minimum absolute atomic E-state index is 0.0235. The molecule has 0 amide bonds. The lowest BCUT2D eigenvalue weighted by Gasteiger charge is -2.16. The van der Waals surface area contributed by atoms with E-state index in [9.17, 15) is 22.7 Å². The molecule has 2 heterocycles. The molecule has 1 aliphatic rings. The topological polar surface area (TPSA) is 55.2 Å². The van der Waals surface area contributed by atoms with Crippen molar-refractivity contribution in [1.82, 2.24) is 9.97 Å². The van der Waals surface area contributed by atoms with Gasteiger partial charge in [0.2, 0.25) is 0 Å². The van der Waals surface area contributed by atoms with E-state index in [1.807, 2.05) is 0 Å². The highest BCUT2D eigenvalue weighted by Crippen LogP contribution is 2.45. The Bertz CT molecular complexity index is 754. The van der Waals surface area contributed by atoms with Crippen LogP contribution in [0.4, 0.5) is 17.6 Å². The van der Waals surface area contributed by atoms with Gasteiger partial charge in [-0.1, -0.05) is 0 Å². The standard InChI is InChI=1S/C14H11F4N2O2P/c15-9-2-8-10(22-6-1-7(23)4-19-3-6)5-20-13(14(16,17)18)11(8)12(9)21/h1,3-5,9,12,21H,2,23H2/t9-,12-/m1/s1. The maximum Gasteiger partial charge on any atom is 0.433 e. The summed E-state index contributed by atoms with van der Waals surface area (Å²) in [6.07, 6.45) is -5.04. The fourth-order valence-electron chi connectivity index (χ4n) is 2.50. The molecule has 4 nitrogen and oxygen atoms in total. The van der Waals surface area contributed by atoms with Crippen LogP contribution in [0.3, 0.4) is 0 Å². The van der Waals surface area contributed by atoms with Crippen LogP contribution >= 0.6 is 9.24 Å². The largest absolute Gasteiger partial charge is 0.454 e. The average Bonchev–Trinajstić information content (AvgIpc) is 2.75. The Balaban J connectivity index is 2.07. The van der Waals surface area contributed by atoms with E-state index in [4.69, 9.17) is 4.74 Å². The van der Waals surface area contributed by atoms with Crippen molar-refractivity contribution in [2.75, 3.05) is 0 Å². The van der Waals surface area contributed by atoms with Crippen LogP contribution in [-0.2, 0) is 12.6 Å². The number of aromatic nitrogens is 2. The van der Waals surface area contributed by atoms with Crippen molar-refractivity contribution in [3.63, 3.8) is 0 Å². The van der Waals surface area contributed by atoms with E-state index >= 15 is 0 Å². The second-order valence-electron chi connectivity index (χ2n) is 5.08. The second kappa shape index (κ2) is 5.69. The van der Waals surface area contributed by atoms with Crippen molar-refractivity contribution in [2.45, 2.75) is 24.9 Å². The number of halogens is 4. The number of alkyl halides is 4. The number of rotatable bonds is 2. The fraction of sp³-hybridized carbons (Fsp3) is 0.286. The average molecular weight is 346 g/mol. The van der Waals surface area contributed by atoms with Crippen LogP contribution in [0, 0.1) is 0 Å². The summed E-state index contributed by atoms with van der Waals surface area (Å²) >= 11 is 0. The molecule has 1 N–H and O–H groups in total. The van der Waals surface area contributed by atoms with E-state index in [0.717, 1.165) is 6.20 Å². The number of ether oxygens (including phenoxy) is 1. The number of fused-ring (bicyclic) bond motifs is 1. The predicted molar refractivity (Wildman–Crippen MR) is 76.5 cm³/mol. The molecule has 0 aliphatic heterocycles. The lowest BCUT2D eigenvalue weighted by atomic mass is 10.1. The van der Waals surface area contributed by atoms with E-state index in [-0.39, 0.29) is 23.5 Å². The minimum Gasteiger partial charge on any atom is -0.454 e. The van der Waals surface area contributed by atoms with Crippen molar-refractivity contribution in [2.24, 2.45) is 0 Å². The van der Waals surface area contributed by atoms with Crippen LogP contribution in [-0.4, -0.2) is 21.2 Å². The van der Waals surface area contributed by atoms with E-state index in [0.29, 0.717) is 5.30 Å². The maximum atomic E-state index is 13.7. The Hall–Kier alpha value is -1.79. The zero-order valence-electron chi connectivity index (χ0n) is 11.5. The third-order valence-electron chi connectivity index (χ3n) is 3.46. The number of aliphatic hydroxyl groups is 1. The molecule has 9 heteroatoms. The van der Waals surface area contributed by atoms with E-state index in [1.54, 1.807) is 12.3 Å². The summed E-state index contributed by atoms with van der Waals surface area (Å²) in [5, 5.41) is 10.5. The van der Waals surface area contributed by atoms with Crippen molar-refractivity contribution in [3.8, 4) is 11.5 Å². The third kappa shape index (κ3) is 3.01. The summed E-state index contributed by atoms with van der Waals surface area (Å²) < 4.78 is 58.2. The molecule has 2 aromatic heterocycles. The summed E-state index contributed by atoms with van der Waals surface area (Å²) in [6.45, 7) is 0. The van der Waals surface area contributed by atoms with Crippen molar-refractivity contribution in [3.05, 3.63) is 41.5 Å². The number of pyridine rings is 2. The molecule has 23 heavy (non-hydrogen) atoms. The van der Waals surface area contributed by atoms with E-state index in [1.165, 1.54) is 6.20 Å². The molecule has 0 fully saturated rings. The van der Waals surface area contributed by atoms with Crippen LogP contribution in [0.15, 0.2) is 24.7 Å². The molecule has 0 aromatic carbocycles. The molecule has 0 radical (unpaired) electrons. The first-order valence-corrected chi connectivity index (χ1v) is 7.14. The highest BCUT2D eigenvalue weighted by atomic mass is 31.0. The smallest absolute Gasteiger partial charge is 0.433 e. The highest BCUT2D eigenvalue weighted by Gasteiger charge is 2.44. The van der Waals surface area contributed by atoms with Gasteiger partial charge < -0.3 is 9.84 Å². The number of hydrogen-bond acceptors (Lipinski definition) is 4. The normalized spacial score (nSPS) is 20.4. The van der Waals surface area contributed by atoms with Gasteiger partial charge in [0.05, 0.1) is 12.4 Å². The molecule has 3 atom stereocenters. The Morgan fingerprint density at radius 2 is 2.00 bits per heavy atom. The molecule has 2 aromatic rings.